The Bertz CT molecular complexity index is 1290. The summed E-state index contributed by atoms with van der Waals surface area (Å²) < 4.78 is 13.1. The highest BCUT2D eigenvalue weighted by atomic mass is 16.5. The van der Waals surface area contributed by atoms with Gasteiger partial charge in [0.2, 0.25) is 5.91 Å². The lowest BCUT2D eigenvalue weighted by molar-refractivity contribution is -0.132. The van der Waals surface area contributed by atoms with Crippen LogP contribution in [0.5, 0.6) is 5.75 Å². The van der Waals surface area contributed by atoms with Crippen LogP contribution >= 0.6 is 0 Å². The number of rotatable bonds is 10. The SMILES string of the molecule is COCCCn1c(C2CCCN(C(=O)CC(N)CNC(=O)c3ccc4c(c3)CCO4)C2)nc2ccccc21. The molecule has 9 heteroatoms. The Morgan fingerprint density at radius 3 is 3.00 bits per heavy atom. The van der Waals surface area contributed by atoms with Gasteiger partial charge in [-0.25, -0.2) is 4.98 Å². The number of nitrogens with zero attached hydrogens (tertiary/aromatic N) is 3. The van der Waals surface area contributed by atoms with Gasteiger partial charge in [0.05, 0.1) is 17.6 Å². The zero-order valence-corrected chi connectivity index (χ0v) is 22.0. The standard InChI is InChI=1S/C29H37N5O4/c1-37-14-5-13-34-25-8-3-2-7-24(25)32-28(34)22-6-4-12-33(19-22)27(35)17-23(30)18-31-29(36)21-9-10-26-20(16-21)11-15-38-26/h2-3,7-10,16,22-23H,4-6,11-15,17-19,30H2,1H3,(H,31,36). The van der Waals surface area contributed by atoms with Crippen LogP contribution in [0.25, 0.3) is 11.0 Å². The summed E-state index contributed by atoms with van der Waals surface area (Å²) >= 11 is 0. The van der Waals surface area contributed by atoms with Crippen LogP contribution in [0.15, 0.2) is 42.5 Å². The van der Waals surface area contributed by atoms with E-state index in [0.717, 1.165) is 66.9 Å². The molecule has 0 radical (unpaired) electrons. The number of piperidine rings is 1. The number of ether oxygens (including phenoxy) is 2. The summed E-state index contributed by atoms with van der Waals surface area (Å²) in [7, 11) is 1.72. The molecule has 38 heavy (non-hydrogen) atoms. The highest BCUT2D eigenvalue weighted by Crippen LogP contribution is 2.30. The Hall–Kier alpha value is -3.43. The summed E-state index contributed by atoms with van der Waals surface area (Å²) in [6, 6.07) is 13.2. The molecule has 2 atom stereocenters. The summed E-state index contributed by atoms with van der Waals surface area (Å²) in [5.74, 6) is 1.88. The van der Waals surface area contributed by atoms with E-state index in [2.05, 4.69) is 16.0 Å². The van der Waals surface area contributed by atoms with E-state index < -0.39 is 6.04 Å². The maximum absolute atomic E-state index is 13.2. The molecule has 202 valence electrons. The van der Waals surface area contributed by atoms with Crippen LogP contribution in [-0.2, 0) is 22.5 Å². The Labute approximate surface area is 223 Å². The van der Waals surface area contributed by atoms with Crippen molar-refractivity contribution in [1.82, 2.24) is 19.8 Å². The number of aryl methyl sites for hydroxylation is 1. The summed E-state index contributed by atoms with van der Waals surface area (Å²) in [4.78, 5) is 32.7. The molecular formula is C29H37N5O4. The number of imidazole rings is 1. The molecule has 2 aliphatic rings. The summed E-state index contributed by atoms with van der Waals surface area (Å²) in [5.41, 5.74) is 10.0. The molecule has 3 heterocycles. The topological polar surface area (TPSA) is 112 Å². The molecule has 9 nitrogen and oxygen atoms in total. The number of nitrogens with one attached hydrogen (secondary N) is 1. The van der Waals surface area contributed by atoms with E-state index in [1.807, 2.05) is 35.2 Å². The van der Waals surface area contributed by atoms with E-state index in [-0.39, 0.29) is 30.7 Å². The van der Waals surface area contributed by atoms with Crippen molar-refractivity contribution in [3.63, 3.8) is 0 Å². The first-order chi connectivity index (χ1) is 18.5. The first-order valence-corrected chi connectivity index (χ1v) is 13.5. The second-order valence-corrected chi connectivity index (χ2v) is 10.2. The predicted octanol–water partition coefficient (Wildman–Crippen LogP) is 2.86. The molecule has 0 saturated carbocycles. The first-order valence-electron chi connectivity index (χ1n) is 13.5. The Morgan fingerprint density at radius 2 is 2.13 bits per heavy atom. The fourth-order valence-corrected chi connectivity index (χ4v) is 5.50. The molecule has 2 aromatic carbocycles. The van der Waals surface area contributed by atoms with Crippen molar-refractivity contribution in [1.29, 1.82) is 0 Å². The van der Waals surface area contributed by atoms with Crippen molar-refractivity contribution in [3.8, 4) is 5.75 Å². The van der Waals surface area contributed by atoms with Crippen molar-refractivity contribution in [2.24, 2.45) is 5.73 Å². The van der Waals surface area contributed by atoms with Gasteiger partial charge in [-0.05, 0) is 55.2 Å². The van der Waals surface area contributed by atoms with Gasteiger partial charge < -0.3 is 30.0 Å². The molecule has 1 fully saturated rings. The van der Waals surface area contributed by atoms with Crippen LogP contribution in [0.3, 0.4) is 0 Å². The van der Waals surface area contributed by atoms with Gasteiger partial charge in [-0.3, -0.25) is 9.59 Å². The van der Waals surface area contributed by atoms with Gasteiger partial charge in [0, 0.05) is 70.3 Å². The molecule has 5 rings (SSSR count). The maximum Gasteiger partial charge on any atom is 0.251 e. The fourth-order valence-electron chi connectivity index (χ4n) is 5.50. The number of carbonyl (C=O) groups is 2. The minimum absolute atomic E-state index is 0.0215. The van der Waals surface area contributed by atoms with Gasteiger partial charge in [-0.15, -0.1) is 0 Å². The third kappa shape index (κ3) is 5.84. The lowest BCUT2D eigenvalue weighted by Crippen LogP contribution is -2.45. The first kappa shape index (κ1) is 26.2. The molecule has 3 aromatic rings. The van der Waals surface area contributed by atoms with Gasteiger partial charge in [0.1, 0.15) is 11.6 Å². The number of hydrogen-bond acceptors (Lipinski definition) is 6. The number of likely N-dealkylation sites (tertiary alicyclic amines) is 1. The Kier molecular flexibility index (Phi) is 8.24. The van der Waals surface area contributed by atoms with Crippen molar-refractivity contribution >= 4 is 22.8 Å². The normalized spacial score (nSPS) is 17.7. The number of para-hydroxylation sites is 2. The number of hydrogen-bond donors (Lipinski definition) is 2. The minimum atomic E-state index is -0.455. The van der Waals surface area contributed by atoms with Crippen LogP contribution in [0.4, 0.5) is 0 Å². The molecule has 3 N–H and O–H groups in total. The fraction of sp³-hybridized carbons (Fsp3) is 0.483. The smallest absolute Gasteiger partial charge is 0.251 e. The number of fused-ring (bicyclic) bond motifs is 2. The van der Waals surface area contributed by atoms with Gasteiger partial charge in [0.15, 0.2) is 0 Å². The van der Waals surface area contributed by atoms with E-state index in [0.29, 0.717) is 25.3 Å². The monoisotopic (exact) mass is 519 g/mol. The van der Waals surface area contributed by atoms with E-state index in [4.69, 9.17) is 20.2 Å². The van der Waals surface area contributed by atoms with Crippen LogP contribution in [0.2, 0.25) is 0 Å². The van der Waals surface area contributed by atoms with Crippen LogP contribution in [0, 0.1) is 0 Å². The van der Waals surface area contributed by atoms with Crippen molar-refractivity contribution < 1.29 is 19.1 Å². The Morgan fingerprint density at radius 1 is 1.26 bits per heavy atom. The average molecular weight is 520 g/mol. The number of carbonyl (C=O) groups excluding carboxylic acids is 2. The van der Waals surface area contributed by atoms with Crippen molar-refractivity contribution in [2.75, 3.05) is 40.0 Å². The molecule has 2 amide bonds. The molecule has 2 unspecified atom stereocenters. The lowest BCUT2D eigenvalue weighted by atomic mass is 9.96. The number of amides is 2. The predicted molar refractivity (Wildman–Crippen MR) is 145 cm³/mol. The van der Waals surface area contributed by atoms with Crippen molar-refractivity contribution in [2.45, 2.75) is 50.6 Å². The number of aromatic nitrogens is 2. The largest absolute Gasteiger partial charge is 0.493 e. The second kappa shape index (κ2) is 12.0. The number of nitrogens with two attached hydrogens (primary N) is 1. The zero-order valence-electron chi connectivity index (χ0n) is 22.0. The van der Waals surface area contributed by atoms with Crippen molar-refractivity contribution in [3.05, 3.63) is 59.4 Å². The van der Waals surface area contributed by atoms with Crippen LogP contribution < -0.4 is 15.8 Å². The number of benzene rings is 2. The average Bonchev–Trinajstić information content (AvgIpc) is 3.56. The third-order valence-corrected chi connectivity index (χ3v) is 7.47. The highest BCUT2D eigenvalue weighted by Gasteiger charge is 2.29. The zero-order chi connectivity index (χ0) is 26.5. The molecular weight excluding hydrogens is 482 g/mol. The molecule has 0 spiro atoms. The molecule has 0 bridgehead atoms. The van der Waals surface area contributed by atoms with E-state index >= 15 is 0 Å². The third-order valence-electron chi connectivity index (χ3n) is 7.47. The summed E-state index contributed by atoms with van der Waals surface area (Å²) in [5, 5.41) is 2.88. The van der Waals surface area contributed by atoms with E-state index in [1.54, 1.807) is 13.2 Å². The second-order valence-electron chi connectivity index (χ2n) is 10.2. The molecule has 2 aliphatic heterocycles. The summed E-state index contributed by atoms with van der Waals surface area (Å²) in [6.07, 6.45) is 3.82. The maximum atomic E-state index is 13.2. The quantitative estimate of drug-likeness (QED) is 0.399. The molecule has 0 aliphatic carbocycles. The van der Waals surface area contributed by atoms with Gasteiger partial charge >= 0.3 is 0 Å². The number of methoxy groups -OCH3 is 1. The van der Waals surface area contributed by atoms with Gasteiger partial charge in [-0.2, -0.15) is 0 Å². The van der Waals surface area contributed by atoms with E-state index in [1.165, 1.54) is 0 Å². The van der Waals surface area contributed by atoms with Crippen LogP contribution in [-0.4, -0.2) is 72.3 Å². The van der Waals surface area contributed by atoms with Gasteiger partial charge in [-0.1, -0.05) is 12.1 Å². The molecule has 1 aromatic heterocycles. The van der Waals surface area contributed by atoms with Crippen LogP contribution in [0.1, 0.15) is 53.3 Å². The lowest BCUT2D eigenvalue weighted by Gasteiger charge is -2.33. The summed E-state index contributed by atoms with van der Waals surface area (Å²) in [6.45, 7) is 3.76. The minimum Gasteiger partial charge on any atom is -0.493 e. The van der Waals surface area contributed by atoms with E-state index in [9.17, 15) is 9.59 Å². The molecule has 1 saturated heterocycles. The Balaban J connectivity index is 1.18. The van der Waals surface area contributed by atoms with Gasteiger partial charge in [0.25, 0.3) is 5.91 Å². The highest BCUT2D eigenvalue weighted by molar-refractivity contribution is 5.94.